The Labute approximate surface area is 304 Å². The quantitative estimate of drug-likeness (QED) is 0.00869. The first-order valence-corrected chi connectivity index (χ1v) is 17.4. The number of hydrogen-bond acceptors (Lipinski definition) is 10. The summed E-state index contributed by atoms with van der Waals surface area (Å²) in [4.78, 5) is 33.6. The summed E-state index contributed by atoms with van der Waals surface area (Å²) in [6.45, 7) is 8.28. The van der Waals surface area contributed by atoms with Crippen LogP contribution < -0.4 is 18.9 Å². The molecule has 0 bridgehead atoms. The molecule has 0 radical (unpaired) electrons. The fourth-order valence-electron chi connectivity index (χ4n) is 5.10. The van der Waals surface area contributed by atoms with Gasteiger partial charge in [0.05, 0.1) is 31.5 Å². The summed E-state index contributed by atoms with van der Waals surface area (Å²) in [7, 11) is 0. The van der Waals surface area contributed by atoms with Crippen molar-refractivity contribution >= 4 is 22.7 Å². The van der Waals surface area contributed by atoms with Crippen molar-refractivity contribution in [3.05, 3.63) is 127 Å². The molecule has 0 aromatic heterocycles. The van der Waals surface area contributed by atoms with Crippen molar-refractivity contribution in [3.8, 4) is 23.0 Å². The van der Waals surface area contributed by atoms with Crippen LogP contribution in [0.25, 0.3) is 10.8 Å². The number of carbonyl (C=O) groups excluding carboxylic acids is 2. The maximum Gasteiger partial charge on any atom is 0.343 e. The Morgan fingerprint density at radius 3 is 2.00 bits per heavy atom. The first kappa shape index (κ1) is 39.2. The SMILES string of the molecule is C=C=COOCCCCCCOc1ccc(OCOc2ccc3cc(OC(=O)c4ccc(C(O)CCCCCOC(=O)C=C)cc4)ccc3c2)cc1. The van der Waals surface area contributed by atoms with Crippen LogP contribution in [0.5, 0.6) is 23.0 Å². The van der Waals surface area contributed by atoms with Crippen molar-refractivity contribution < 1.29 is 48.2 Å². The molecule has 4 aromatic rings. The van der Waals surface area contributed by atoms with E-state index in [2.05, 4.69) is 18.9 Å². The van der Waals surface area contributed by atoms with Crippen LogP contribution in [0.1, 0.15) is 73.4 Å². The molecule has 0 fully saturated rings. The Hall–Kier alpha value is -5.54. The predicted octanol–water partition coefficient (Wildman–Crippen LogP) is 8.98. The Morgan fingerprint density at radius 1 is 0.692 bits per heavy atom. The molecule has 10 nitrogen and oxygen atoms in total. The lowest BCUT2D eigenvalue weighted by molar-refractivity contribution is -0.248. The summed E-state index contributed by atoms with van der Waals surface area (Å²) < 4.78 is 28.0. The highest BCUT2D eigenvalue weighted by Gasteiger charge is 2.13. The highest BCUT2D eigenvalue weighted by atomic mass is 17.2. The lowest BCUT2D eigenvalue weighted by atomic mass is 10.0. The van der Waals surface area contributed by atoms with Gasteiger partial charge in [-0.05, 0) is 116 Å². The van der Waals surface area contributed by atoms with E-state index in [1.54, 1.807) is 36.4 Å². The van der Waals surface area contributed by atoms with Gasteiger partial charge in [0.2, 0.25) is 6.79 Å². The van der Waals surface area contributed by atoms with E-state index in [-0.39, 0.29) is 6.79 Å². The van der Waals surface area contributed by atoms with Gasteiger partial charge >= 0.3 is 11.9 Å². The van der Waals surface area contributed by atoms with Crippen molar-refractivity contribution in [1.82, 2.24) is 0 Å². The van der Waals surface area contributed by atoms with E-state index < -0.39 is 18.0 Å². The predicted molar refractivity (Wildman–Crippen MR) is 197 cm³/mol. The molecule has 0 heterocycles. The smallest absolute Gasteiger partial charge is 0.343 e. The minimum Gasteiger partial charge on any atom is -0.494 e. The van der Waals surface area contributed by atoms with Gasteiger partial charge in [-0.1, -0.05) is 56.0 Å². The summed E-state index contributed by atoms with van der Waals surface area (Å²) in [5, 5.41) is 12.3. The maximum atomic E-state index is 12.8. The van der Waals surface area contributed by atoms with Crippen LogP contribution >= 0.6 is 0 Å². The van der Waals surface area contributed by atoms with Crippen LogP contribution in [0.4, 0.5) is 0 Å². The van der Waals surface area contributed by atoms with Crippen LogP contribution in [0.2, 0.25) is 0 Å². The third-order valence-corrected chi connectivity index (χ3v) is 7.92. The minimum absolute atomic E-state index is 0.0326. The Bertz CT molecular complexity index is 1740. The van der Waals surface area contributed by atoms with E-state index in [9.17, 15) is 14.7 Å². The Morgan fingerprint density at radius 2 is 1.29 bits per heavy atom. The second-order valence-corrected chi connectivity index (χ2v) is 11.8. The van der Waals surface area contributed by atoms with Crippen molar-refractivity contribution in [1.29, 1.82) is 0 Å². The molecule has 52 heavy (non-hydrogen) atoms. The number of benzene rings is 4. The summed E-state index contributed by atoms with van der Waals surface area (Å²) in [6, 6.07) is 25.2. The number of unbranched alkanes of at least 4 members (excludes halogenated alkanes) is 5. The number of aliphatic hydroxyl groups excluding tert-OH is 1. The molecule has 10 heteroatoms. The number of esters is 2. The van der Waals surface area contributed by atoms with Crippen molar-refractivity contribution in [2.45, 2.75) is 57.5 Å². The normalized spacial score (nSPS) is 11.2. The topological polar surface area (TPSA) is 119 Å². The molecule has 0 aliphatic rings. The molecule has 274 valence electrons. The van der Waals surface area contributed by atoms with Crippen LogP contribution in [0.15, 0.2) is 116 Å². The van der Waals surface area contributed by atoms with Gasteiger partial charge in [0, 0.05) is 6.08 Å². The van der Waals surface area contributed by atoms with Gasteiger partial charge in [0.25, 0.3) is 0 Å². The zero-order chi connectivity index (χ0) is 36.8. The van der Waals surface area contributed by atoms with Gasteiger partial charge in [-0.15, -0.1) is 0 Å². The molecule has 0 aliphatic heterocycles. The van der Waals surface area contributed by atoms with Crippen LogP contribution in [0, 0.1) is 0 Å². The summed E-state index contributed by atoms with van der Waals surface area (Å²) in [5.41, 5.74) is 3.57. The molecule has 1 N–H and O–H groups in total. The Kier molecular flexibility index (Phi) is 16.8. The highest BCUT2D eigenvalue weighted by molar-refractivity contribution is 5.92. The first-order chi connectivity index (χ1) is 25.4. The average Bonchev–Trinajstić information content (AvgIpc) is 3.17. The van der Waals surface area contributed by atoms with Crippen molar-refractivity contribution in [2.75, 3.05) is 26.6 Å². The van der Waals surface area contributed by atoms with Gasteiger partial charge in [-0.25, -0.2) is 9.59 Å². The van der Waals surface area contributed by atoms with E-state index in [0.29, 0.717) is 49.1 Å². The molecule has 0 aliphatic carbocycles. The van der Waals surface area contributed by atoms with E-state index in [0.717, 1.165) is 73.1 Å². The first-order valence-electron chi connectivity index (χ1n) is 17.4. The van der Waals surface area contributed by atoms with Crippen molar-refractivity contribution in [2.24, 2.45) is 0 Å². The maximum absolute atomic E-state index is 12.8. The second-order valence-electron chi connectivity index (χ2n) is 11.8. The third kappa shape index (κ3) is 14.0. The number of carbonyl (C=O) groups is 2. The molecule has 1 atom stereocenters. The zero-order valence-corrected chi connectivity index (χ0v) is 29.3. The molecular formula is C42H46O10. The molecule has 4 aromatic carbocycles. The van der Waals surface area contributed by atoms with Gasteiger partial charge in [0.15, 0.2) is 6.26 Å². The third-order valence-electron chi connectivity index (χ3n) is 7.92. The lowest BCUT2D eigenvalue weighted by Gasteiger charge is -2.12. The van der Waals surface area contributed by atoms with Gasteiger partial charge < -0.3 is 33.7 Å². The fourth-order valence-corrected chi connectivity index (χ4v) is 5.10. The number of ether oxygens (including phenoxy) is 5. The van der Waals surface area contributed by atoms with Crippen LogP contribution in [0.3, 0.4) is 0 Å². The van der Waals surface area contributed by atoms with E-state index in [4.69, 9.17) is 33.5 Å². The van der Waals surface area contributed by atoms with Crippen LogP contribution in [-0.4, -0.2) is 43.7 Å². The fraction of sp³-hybridized carbons (Fsp3) is 0.310. The van der Waals surface area contributed by atoms with Crippen molar-refractivity contribution in [3.63, 3.8) is 0 Å². The molecule has 4 rings (SSSR count). The summed E-state index contributed by atoms with van der Waals surface area (Å²) in [5.74, 6) is 1.57. The molecule has 0 spiro atoms. The van der Waals surface area contributed by atoms with Gasteiger partial charge in [-0.3, -0.25) is 0 Å². The Balaban J connectivity index is 1.14. The standard InChI is InChI=1S/C42H46O10/c1-3-25-50-51-28-11-6-5-9-26-46-36-21-23-37(24-22-36)48-31-49-38-19-17-35-30-39(20-18-34(35)29-38)52-42(45)33-15-13-32(14-16-33)40(43)12-8-7-10-27-47-41(44)4-2/h4,13-25,29-30,40,43H,1-2,5-12,26-28,31H2. The second kappa shape index (κ2) is 22.3. The number of fused-ring (bicyclic) bond motifs is 1. The molecule has 0 saturated heterocycles. The lowest BCUT2D eigenvalue weighted by Crippen LogP contribution is -2.09. The largest absolute Gasteiger partial charge is 0.494 e. The van der Waals surface area contributed by atoms with E-state index >= 15 is 0 Å². The molecule has 0 saturated carbocycles. The monoisotopic (exact) mass is 710 g/mol. The minimum atomic E-state index is -0.654. The molecule has 1 unspecified atom stereocenters. The molecule has 0 amide bonds. The van der Waals surface area contributed by atoms with Gasteiger partial charge in [0.1, 0.15) is 23.0 Å². The average molecular weight is 711 g/mol. The van der Waals surface area contributed by atoms with E-state index in [1.165, 1.54) is 6.26 Å². The van der Waals surface area contributed by atoms with Gasteiger partial charge in [-0.2, -0.15) is 4.89 Å². The number of aliphatic hydroxyl groups is 1. The summed E-state index contributed by atoms with van der Waals surface area (Å²) >= 11 is 0. The number of hydrogen-bond donors (Lipinski definition) is 1. The highest BCUT2D eigenvalue weighted by Crippen LogP contribution is 2.27. The van der Waals surface area contributed by atoms with Crippen LogP contribution in [-0.2, 0) is 19.3 Å². The zero-order valence-electron chi connectivity index (χ0n) is 29.3. The number of rotatable bonds is 24. The summed E-state index contributed by atoms with van der Waals surface area (Å²) in [6.07, 6.45) is 8.56. The van der Waals surface area contributed by atoms with E-state index in [1.807, 2.05) is 48.5 Å². The molecular weight excluding hydrogens is 664 g/mol.